The summed E-state index contributed by atoms with van der Waals surface area (Å²) in [4.78, 5) is 22.7. The van der Waals surface area contributed by atoms with Crippen LogP contribution in [0.25, 0.3) is 0 Å². The van der Waals surface area contributed by atoms with Crippen LogP contribution < -0.4 is 5.32 Å². The van der Waals surface area contributed by atoms with Crippen molar-refractivity contribution in [3.63, 3.8) is 0 Å². The molecule has 1 N–H and O–H groups in total. The number of anilines is 1. The van der Waals surface area contributed by atoms with Crippen LogP contribution in [0.4, 0.5) is 11.4 Å². The highest BCUT2D eigenvalue weighted by Crippen LogP contribution is 2.22. The van der Waals surface area contributed by atoms with E-state index < -0.39 is 20.9 Å². The summed E-state index contributed by atoms with van der Waals surface area (Å²) >= 11 is 0. The fraction of sp³-hybridized carbons (Fsp3) is 0.278. The van der Waals surface area contributed by atoms with Gasteiger partial charge in [0.25, 0.3) is 11.6 Å². The average molecular weight is 389 g/mol. The smallest absolute Gasteiger partial charge is 0.271 e. The quantitative estimate of drug-likeness (QED) is 0.624. The van der Waals surface area contributed by atoms with Gasteiger partial charge in [-0.2, -0.15) is 4.31 Å². The predicted octanol–water partition coefficient (Wildman–Crippen LogP) is 3.02. The number of nitro benzene ring substituents is 1. The molecule has 142 valence electrons. The largest absolute Gasteiger partial charge is 0.322 e. The molecule has 2 aromatic rings. The van der Waals surface area contributed by atoms with Crippen molar-refractivity contribution in [3.8, 4) is 0 Å². The van der Waals surface area contributed by atoms with E-state index in [1.165, 1.54) is 46.8 Å². The van der Waals surface area contributed by atoms with Crippen LogP contribution in [-0.4, -0.2) is 36.6 Å². The number of nitrogens with zero attached hydrogens (tertiary/aromatic N) is 2. The summed E-state index contributed by atoms with van der Waals surface area (Å²) in [5.41, 5.74) is 0.425. The number of hydrogen-bond acceptors (Lipinski definition) is 5. The minimum Gasteiger partial charge on any atom is -0.322 e. The minimum atomic E-state index is -3.55. The van der Waals surface area contributed by atoms with Crippen molar-refractivity contribution in [2.24, 2.45) is 0 Å². The van der Waals surface area contributed by atoms with Crippen LogP contribution >= 0.6 is 0 Å². The Balaban J connectivity index is 1.74. The highest BCUT2D eigenvalue weighted by atomic mass is 32.2. The van der Waals surface area contributed by atoms with Gasteiger partial charge in [0.05, 0.1) is 9.82 Å². The average Bonchev–Trinajstić information content (AvgIpc) is 2.69. The zero-order valence-corrected chi connectivity index (χ0v) is 15.3. The number of sulfonamides is 1. The second-order valence-electron chi connectivity index (χ2n) is 6.25. The Labute approximate surface area is 157 Å². The number of piperidine rings is 1. The fourth-order valence-electron chi connectivity index (χ4n) is 2.93. The summed E-state index contributed by atoms with van der Waals surface area (Å²) in [5.74, 6) is -0.475. The van der Waals surface area contributed by atoms with Gasteiger partial charge < -0.3 is 5.32 Å². The number of carbonyl (C=O) groups excluding carboxylic acids is 1. The second kappa shape index (κ2) is 7.85. The molecule has 0 spiro atoms. The van der Waals surface area contributed by atoms with Crippen LogP contribution in [0.5, 0.6) is 0 Å². The minimum absolute atomic E-state index is 0.129. The van der Waals surface area contributed by atoms with Gasteiger partial charge in [-0.05, 0) is 43.2 Å². The molecule has 0 unspecified atom stereocenters. The first-order valence-electron chi connectivity index (χ1n) is 8.54. The van der Waals surface area contributed by atoms with E-state index in [4.69, 9.17) is 0 Å². The number of nitro groups is 1. The maximum Gasteiger partial charge on any atom is 0.271 e. The van der Waals surface area contributed by atoms with E-state index in [1.54, 1.807) is 6.07 Å². The molecule has 0 bridgehead atoms. The molecule has 1 aliphatic rings. The topological polar surface area (TPSA) is 110 Å². The van der Waals surface area contributed by atoms with E-state index in [1.807, 2.05) is 0 Å². The van der Waals surface area contributed by atoms with Crippen molar-refractivity contribution < 1.29 is 18.1 Å². The summed E-state index contributed by atoms with van der Waals surface area (Å²) < 4.78 is 26.7. The van der Waals surface area contributed by atoms with Crippen LogP contribution in [0.3, 0.4) is 0 Å². The molecule has 0 aromatic heterocycles. The fourth-order valence-corrected chi connectivity index (χ4v) is 4.45. The molecular formula is C18H19N3O5S. The van der Waals surface area contributed by atoms with Crippen molar-refractivity contribution in [1.82, 2.24) is 4.31 Å². The molecule has 8 nitrogen and oxygen atoms in total. The third-order valence-corrected chi connectivity index (χ3v) is 6.30. The maximum absolute atomic E-state index is 12.6. The van der Waals surface area contributed by atoms with E-state index in [-0.39, 0.29) is 16.1 Å². The Bertz CT molecular complexity index is 951. The Morgan fingerprint density at radius 2 is 1.70 bits per heavy atom. The van der Waals surface area contributed by atoms with Crippen molar-refractivity contribution >= 4 is 27.3 Å². The van der Waals surface area contributed by atoms with E-state index in [0.29, 0.717) is 18.8 Å². The molecule has 2 aromatic carbocycles. The zero-order valence-electron chi connectivity index (χ0n) is 14.5. The van der Waals surface area contributed by atoms with E-state index in [9.17, 15) is 23.3 Å². The highest BCUT2D eigenvalue weighted by Gasteiger charge is 2.25. The number of hydrogen-bond donors (Lipinski definition) is 1. The van der Waals surface area contributed by atoms with Gasteiger partial charge in [0.15, 0.2) is 0 Å². The molecule has 0 aliphatic carbocycles. The highest BCUT2D eigenvalue weighted by molar-refractivity contribution is 7.89. The lowest BCUT2D eigenvalue weighted by Gasteiger charge is -2.25. The van der Waals surface area contributed by atoms with E-state index in [2.05, 4.69) is 5.32 Å². The van der Waals surface area contributed by atoms with Gasteiger partial charge in [0.2, 0.25) is 10.0 Å². The molecule has 1 fully saturated rings. The lowest BCUT2D eigenvalue weighted by atomic mass is 10.2. The number of non-ortho nitro benzene ring substituents is 1. The molecule has 0 saturated carbocycles. The normalized spacial score (nSPS) is 15.3. The third-order valence-electron chi connectivity index (χ3n) is 4.38. The van der Waals surface area contributed by atoms with Crippen molar-refractivity contribution in [1.29, 1.82) is 0 Å². The summed E-state index contributed by atoms with van der Waals surface area (Å²) in [6, 6.07) is 11.3. The van der Waals surface area contributed by atoms with Gasteiger partial charge in [-0.25, -0.2) is 8.42 Å². The summed E-state index contributed by atoms with van der Waals surface area (Å²) in [5, 5.41) is 13.4. The first-order chi connectivity index (χ1) is 12.9. The molecule has 1 aliphatic heterocycles. The summed E-state index contributed by atoms with van der Waals surface area (Å²) in [7, 11) is -3.55. The first kappa shape index (κ1) is 19.0. The molecule has 9 heteroatoms. The van der Waals surface area contributed by atoms with Gasteiger partial charge >= 0.3 is 0 Å². The van der Waals surface area contributed by atoms with Crippen LogP contribution in [0.1, 0.15) is 29.6 Å². The molecule has 27 heavy (non-hydrogen) atoms. The Kier molecular flexibility index (Phi) is 5.52. The lowest BCUT2D eigenvalue weighted by Crippen LogP contribution is -2.35. The molecule has 0 atom stereocenters. The maximum atomic E-state index is 12.6. The second-order valence-corrected chi connectivity index (χ2v) is 8.19. The van der Waals surface area contributed by atoms with Crippen LogP contribution in [0.15, 0.2) is 53.4 Å². The van der Waals surface area contributed by atoms with Gasteiger partial charge in [0, 0.05) is 36.5 Å². The molecule has 1 saturated heterocycles. The number of carbonyl (C=O) groups is 1. The number of rotatable bonds is 5. The van der Waals surface area contributed by atoms with Gasteiger partial charge in [0.1, 0.15) is 0 Å². The molecule has 3 rings (SSSR count). The van der Waals surface area contributed by atoms with Crippen LogP contribution in [0.2, 0.25) is 0 Å². The van der Waals surface area contributed by atoms with E-state index in [0.717, 1.165) is 19.3 Å². The first-order valence-corrected chi connectivity index (χ1v) is 9.98. The molecule has 0 radical (unpaired) electrons. The standard InChI is InChI=1S/C18H19N3O5S/c22-18(19-15-5-4-6-16(13-15)21(23)24)14-7-9-17(10-8-14)27(25,26)20-11-2-1-3-12-20/h4-10,13H,1-3,11-12H2,(H,19,22). The summed E-state index contributed by atoms with van der Waals surface area (Å²) in [6.45, 7) is 1.02. The molecular weight excluding hydrogens is 370 g/mol. The van der Waals surface area contributed by atoms with Crippen molar-refractivity contribution in [3.05, 3.63) is 64.2 Å². The lowest BCUT2D eigenvalue weighted by molar-refractivity contribution is -0.384. The van der Waals surface area contributed by atoms with E-state index >= 15 is 0 Å². The van der Waals surface area contributed by atoms with Gasteiger partial charge in [-0.1, -0.05) is 12.5 Å². The Hall–Kier alpha value is -2.78. The Morgan fingerprint density at radius 1 is 1.04 bits per heavy atom. The van der Waals surface area contributed by atoms with Crippen LogP contribution in [0, 0.1) is 10.1 Å². The summed E-state index contributed by atoms with van der Waals surface area (Å²) in [6.07, 6.45) is 2.73. The van der Waals surface area contributed by atoms with Gasteiger partial charge in [-0.3, -0.25) is 14.9 Å². The SMILES string of the molecule is O=C(Nc1cccc([N+](=O)[O-])c1)c1ccc(S(=O)(=O)N2CCCCC2)cc1. The Morgan fingerprint density at radius 3 is 2.33 bits per heavy atom. The van der Waals surface area contributed by atoms with Crippen LogP contribution in [-0.2, 0) is 10.0 Å². The molecule has 1 heterocycles. The van der Waals surface area contributed by atoms with Crippen molar-refractivity contribution in [2.45, 2.75) is 24.2 Å². The van der Waals surface area contributed by atoms with Crippen molar-refractivity contribution in [2.75, 3.05) is 18.4 Å². The number of amides is 1. The predicted molar refractivity (Wildman–Crippen MR) is 100 cm³/mol. The van der Waals surface area contributed by atoms with Gasteiger partial charge in [-0.15, -0.1) is 0 Å². The number of nitrogens with one attached hydrogen (secondary N) is 1. The third kappa shape index (κ3) is 4.32. The zero-order chi connectivity index (χ0) is 19.4. The number of benzene rings is 2. The molecule has 1 amide bonds. The monoisotopic (exact) mass is 389 g/mol.